The van der Waals surface area contributed by atoms with Crippen LogP contribution in [0.5, 0.6) is 11.5 Å². The van der Waals surface area contributed by atoms with Gasteiger partial charge in [0.05, 0.1) is 26.7 Å². The van der Waals surface area contributed by atoms with Gasteiger partial charge in [0.15, 0.2) is 5.78 Å². The molecule has 2 aliphatic carbocycles. The molecule has 6 aromatic rings. The van der Waals surface area contributed by atoms with Gasteiger partial charge in [0, 0.05) is 38.6 Å². The molecule has 1 amide bonds. The van der Waals surface area contributed by atoms with E-state index in [4.69, 9.17) is 57.2 Å². The summed E-state index contributed by atoms with van der Waals surface area (Å²) in [7, 11) is 0. The average Bonchev–Trinajstić information content (AvgIpc) is 4.20. The molecule has 0 unspecified atom stereocenters. The number of aliphatic carboxylic acids is 1. The van der Waals surface area contributed by atoms with Crippen LogP contribution in [-0.4, -0.2) is 50.8 Å². The van der Waals surface area contributed by atoms with Gasteiger partial charge in [-0.1, -0.05) is 94.9 Å². The zero-order valence-corrected chi connectivity index (χ0v) is 46.2. The zero-order chi connectivity index (χ0) is 52.9. The molecule has 15 heteroatoms. The molecule has 9 nitrogen and oxygen atoms in total. The van der Waals surface area contributed by atoms with Crippen molar-refractivity contribution in [3.63, 3.8) is 0 Å². The number of thiophene rings is 2. The van der Waals surface area contributed by atoms with Gasteiger partial charge in [-0.25, -0.2) is 0 Å². The molecule has 388 valence electrons. The predicted molar refractivity (Wildman–Crippen MR) is 300 cm³/mol. The molecule has 2 aliphatic rings. The number of nitrogens with two attached hydrogens (primary N) is 1. The Morgan fingerprint density at radius 2 is 1.05 bits per heavy atom. The Morgan fingerprint density at radius 3 is 1.48 bits per heavy atom. The number of Topliss-reactive ketones (excluding diaryl/α,β-unsaturated/α-hetero) is 2. The van der Waals surface area contributed by atoms with E-state index in [1.807, 2.05) is 24.3 Å². The summed E-state index contributed by atoms with van der Waals surface area (Å²) < 4.78 is 1.58. The third kappa shape index (κ3) is 16.6. The van der Waals surface area contributed by atoms with Crippen LogP contribution in [0.25, 0.3) is 20.9 Å². The molecular formula is C58H64Cl4N2O7S2. The number of halogens is 4. The van der Waals surface area contributed by atoms with E-state index >= 15 is 0 Å². The number of amides is 1. The first kappa shape index (κ1) is 57.6. The van der Waals surface area contributed by atoms with E-state index in [0.29, 0.717) is 57.8 Å². The van der Waals surface area contributed by atoms with E-state index in [9.17, 15) is 29.4 Å². The lowest BCUT2D eigenvalue weighted by atomic mass is 9.93. The number of carbonyl (C=O) groups excluding carboxylic acids is 3. The highest BCUT2D eigenvalue weighted by Crippen LogP contribution is 2.40. The SMILES string of the molecule is Cc1cc(Cl)cc(CCC(=O)[C@H](C)N)c1O.Cc1cc(Cl)cc(CCC(=O)[C@H](C)NC(=O)[C@@H]2CC[C@@H](Cc3ccccc3-c3ccc(Cl)s3)C2)c1O.O=C(O)[C@@H]1CC[C@@H](Cc2ccccc2-c2ccc(Cl)s2)C1. The van der Waals surface area contributed by atoms with Crippen LogP contribution in [0, 0.1) is 37.5 Å². The van der Waals surface area contributed by atoms with Crippen LogP contribution >= 0.6 is 69.1 Å². The molecular weight excluding hydrogens is 1040 g/mol. The van der Waals surface area contributed by atoms with Crippen LogP contribution in [0.3, 0.4) is 0 Å². The minimum Gasteiger partial charge on any atom is -0.507 e. The number of aromatic hydroxyl groups is 2. The molecule has 0 spiro atoms. The third-order valence-electron chi connectivity index (χ3n) is 13.9. The molecule has 8 rings (SSSR count). The van der Waals surface area contributed by atoms with E-state index < -0.39 is 18.1 Å². The second-order valence-corrected chi connectivity index (χ2v) is 23.7. The summed E-state index contributed by atoms with van der Waals surface area (Å²) in [6.45, 7) is 6.95. The van der Waals surface area contributed by atoms with Crippen molar-refractivity contribution in [2.24, 2.45) is 29.4 Å². The maximum Gasteiger partial charge on any atom is 0.306 e. The van der Waals surface area contributed by atoms with Gasteiger partial charge >= 0.3 is 5.97 Å². The molecule has 6 atom stereocenters. The first-order valence-corrected chi connectivity index (χ1v) is 27.9. The van der Waals surface area contributed by atoms with Gasteiger partial charge in [0.2, 0.25) is 5.91 Å². The monoisotopic (exact) mass is 1100 g/mol. The molecule has 2 fully saturated rings. The molecule has 2 aromatic heterocycles. The number of ketones is 2. The predicted octanol–water partition coefficient (Wildman–Crippen LogP) is 14.7. The van der Waals surface area contributed by atoms with Crippen molar-refractivity contribution in [1.82, 2.24) is 5.32 Å². The van der Waals surface area contributed by atoms with Crippen LogP contribution in [0.15, 0.2) is 97.1 Å². The highest BCUT2D eigenvalue weighted by Gasteiger charge is 2.32. The lowest BCUT2D eigenvalue weighted by Crippen LogP contribution is -2.41. The van der Waals surface area contributed by atoms with Gasteiger partial charge in [-0.2, -0.15) is 0 Å². The molecule has 0 aliphatic heterocycles. The zero-order valence-electron chi connectivity index (χ0n) is 41.6. The Morgan fingerprint density at radius 1 is 0.616 bits per heavy atom. The summed E-state index contributed by atoms with van der Waals surface area (Å²) in [4.78, 5) is 50.4. The Balaban J connectivity index is 0.000000198. The number of rotatable bonds is 17. The number of hydrogen-bond donors (Lipinski definition) is 5. The lowest BCUT2D eigenvalue weighted by molar-refractivity contribution is -0.141. The van der Waals surface area contributed by atoms with Crippen molar-refractivity contribution in [3.05, 3.63) is 149 Å². The summed E-state index contributed by atoms with van der Waals surface area (Å²) >= 11 is 27.3. The van der Waals surface area contributed by atoms with Crippen LogP contribution in [0.2, 0.25) is 18.7 Å². The van der Waals surface area contributed by atoms with Crippen molar-refractivity contribution in [2.75, 3.05) is 0 Å². The highest BCUT2D eigenvalue weighted by molar-refractivity contribution is 7.19. The summed E-state index contributed by atoms with van der Waals surface area (Å²) in [6.07, 6.45) is 8.55. The first-order chi connectivity index (χ1) is 34.8. The van der Waals surface area contributed by atoms with Gasteiger partial charge in [-0.3, -0.25) is 19.2 Å². The third-order valence-corrected chi connectivity index (χ3v) is 16.8. The van der Waals surface area contributed by atoms with E-state index in [0.717, 1.165) is 70.5 Å². The Labute approximate surface area is 457 Å². The molecule has 0 saturated heterocycles. The fourth-order valence-electron chi connectivity index (χ4n) is 9.76. The smallest absolute Gasteiger partial charge is 0.306 e. The molecule has 0 radical (unpaired) electrons. The Hall–Kier alpha value is -4.72. The number of nitrogens with one attached hydrogen (secondary N) is 1. The van der Waals surface area contributed by atoms with Crippen molar-refractivity contribution in [3.8, 4) is 32.4 Å². The minimum atomic E-state index is -0.643. The number of benzene rings is 4. The van der Waals surface area contributed by atoms with Gasteiger partial charge in [0.1, 0.15) is 17.3 Å². The average molecular weight is 1110 g/mol. The van der Waals surface area contributed by atoms with Crippen molar-refractivity contribution < 1.29 is 34.5 Å². The minimum absolute atomic E-state index is 0.0166. The number of hydrogen-bond acceptors (Lipinski definition) is 9. The summed E-state index contributed by atoms with van der Waals surface area (Å²) in [5.74, 6) is 0.294. The molecule has 2 saturated carbocycles. The summed E-state index contributed by atoms with van der Waals surface area (Å²) in [5, 5.41) is 33.2. The van der Waals surface area contributed by atoms with Crippen molar-refractivity contribution in [1.29, 1.82) is 0 Å². The van der Waals surface area contributed by atoms with Gasteiger partial charge in [-0.05, 0) is 197 Å². The number of carbonyl (C=O) groups is 4. The number of phenolic OH excluding ortho intramolecular Hbond substituents is 2. The van der Waals surface area contributed by atoms with Crippen molar-refractivity contribution in [2.45, 2.75) is 117 Å². The van der Waals surface area contributed by atoms with Crippen LogP contribution in [0.1, 0.15) is 98.6 Å². The van der Waals surface area contributed by atoms with E-state index in [2.05, 4.69) is 53.8 Å². The number of phenols is 2. The lowest BCUT2D eigenvalue weighted by Gasteiger charge is -2.17. The first-order valence-electron chi connectivity index (χ1n) is 24.7. The normalized spacial score (nSPS) is 17.9. The van der Waals surface area contributed by atoms with E-state index in [-0.39, 0.29) is 47.2 Å². The van der Waals surface area contributed by atoms with Crippen molar-refractivity contribution >= 4 is 92.5 Å². The molecule has 4 aromatic carbocycles. The Kier molecular flexibility index (Phi) is 21.4. The van der Waals surface area contributed by atoms with Gasteiger partial charge in [0.25, 0.3) is 0 Å². The second kappa shape index (κ2) is 27.2. The topological polar surface area (TPSA) is 167 Å². The van der Waals surface area contributed by atoms with E-state index in [1.54, 1.807) is 74.6 Å². The summed E-state index contributed by atoms with van der Waals surface area (Å²) in [5.41, 5.74) is 13.2. The number of carboxylic acids is 1. The van der Waals surface area contributed by atoms with Crippen LogP contribution in [0.4, 0.5) is 0 Å². The fourth-order valence-corrected chi connectivity index (χ4v) is 12.6. The second-order valence-electron chi connectivity index (χ2n) is 19.4. The molecule has 73 heavy (non-hydrogen) atoms. The number of carboxylic acid groups (broad SMARTS) is 1. The Bertz CT molecular complexity index is 2880. The number of aryl methyl sites for hydroxylation is 4. The molecule has 2 heterocycles. The molecule has 0 bridgehead atoms. The van der Waals surface area contributed by atoms with Gasteiger partial charge < -0.3 is 26.4 Å². The maximum absolute atomic E-state index is 12.9. The largest absolute Gasteiger partial charge is 0.507 e. The molecule has 6 N–H and O–H groups in total. The van der Waals surface area contributed by atoms with Crippen LogP contribution < -0.4 is 11.1 Å². The van der Waals surface area contributed by atoms with Crippen LogP contribution in [-0.2, 0) is 44.9 Å². The fraction of sp³-hybridized carbons (Fsp3) is 0.379. The highest BCUT2D eigenvalue weighted by atomic mass is 35.5. The quantitative estimate of drug-likeness (QED) is 0.0602. The standard InChI is InChI=1S/C29H31Cl2NO3S.C17H17ClO2S.C12H16ClNO2/c1-17-13-23(30)16-21(28(17)34)9-10-25(33)18(2)32-29(35)22-8-7-19(15-22)14-20-5-3-4-6-24(20)26-11-12-27(31)36-26;18-16-8-7-15(21-16)14-4-2-1-3-12(14)9-11-5-6-13(10-11)17(19)20;1-7-5-10(13)6-9(12(7)16)3-4-11(15)8(2)14/h3-6,11-13,16,18-19,22,34H,7-10,14-15H2,1-2H3,(H,32,35);1-4,7-8,11,13H,5-6,9-10H2,(H,19,20);5-6,8,16H,3-4,14H2,1-2H3/t18-,19-,22+;11-,13+;8-/m000/s1. The maximum atomic E-state index is 12.9. The summed E-state index contributed by atoms with van der Waals surface area (Å²) in [6, 6.07) is 30.5. The van der Waals surface area contributed by atoms with E-state index in [1.165, 1.54) is 27.1 Å². The van der Waals surface area contributed by atoms with Gasteiger partial charge in [-0.15, -0.1) is 22.7 Å².